The first-order valence-electron chi connectivity index (χ1n) is 27.3. The van der Waals surface area contributed by atoms with Crippen LogP contribution >= 0.6 is 0 Å². The Morgan fingerprint density at radius 3 is 0.840 bits per heavy atom. The van der Waals surface area contributed by atoms with Crippen LogP contribution in [0.5, 0.6) is 28.7 Å². The molecule has 6 aromatic rings. The van der Waals surface area contributed by atoms with Crippen LogP contribution in [0.2, 0.25) is 0 Å². The number of phenols is 5. The first-order valence-corrected chi connectivity index (χ1v) is 27.3. The van der Waals surface area contributed by atoms with Gasteiger partial charge >= 0.3 is 11.9 Å². The molecule has 0 spiro atoms. The molecule has 2 unspecified atom stereocenters. The molecular formula is C65H108O10. The van der Waals surface area contributed by atoms with Crippen LogP contribution in [0, 0.1) is 11.8 Å². The molecule has 0 saturated heterocycles. The van der Waals surface area contributed by atoms with Crippen molar-refractivity contribution in [1.29, 1.82) is 0 Å². The number of aliphatic hydroxyl groups is 1. The molecule has 0 fully saturated rings. The van der Waals surface area contributed by atoms with Gasteiger partial charge in [0, 0.05) is 17.7 Å². The van der Waals surface area contributed by atoms with Gasteiger partial charge in [0.1, 0.15) is 22.8 Å². The molecule has 75 heavy (non-hydrogen) atoms. The predicted octanol–water partition coefficient (Wildman–Crippen LogP) is 19.0. The Balaban J connectivity index is -0.0000000960. The molecule has 0 amide bonds. The quantitative estimate of drug-likeness (QED) is 0.0680. The maximum atomic E-state index is 10.5. The molecule has 0 bridgehead atoms. The molecule has 6 rings (SSSR count). The topological polar surface area (TPSA) is 196 Å². The Hall–Kier alpha value is -6.78. The average Bonchev–Trinajstić information content (AvgIpc) is 3.48. The van der Waals surface area contributed by atoms with Gasteiger partial charge in [-0.15, -0.1) is 0 Å². The summed E-state index contributed by atoms with van der Waals surface area (Å²) >= 11 is 0. The Kier molecular flexibility index (Phi) is 83.8. The Morgan fingerprint density at radius 1 is 0.347 bits per heavy atom. The fraction of sp³-hybridized carbons (Fsp3) is 0.415. The highest BCUT2D eigenvalue weighted by molar-refractivity contribution is 5.90. The molecule has 0 aliphatic heterocycles. The summed E-state index contributed by atoms with van der Waals surface area (Å²) in [6, 6.07) is 45.7. The summed E-state index contributed by atoms with van der Waals surface area (Å²) in [6.07, 6.45) is 1.58. The maximum absolute atomic E-state index is 10.5. The van der Waals surface area contributed by atoms with Crippen molar-refractivity contribution in [2.24, 2.45) is 11.8 Å². The number of carboxylic acid groups (broad SMARTS) is 2. The van der Waals surface area contributed by atoms with Crippen molar-refractivity contribution < 1.29 is 50.4 Å². The Labute approximate surface area is 458 Å². The minimum absolute atomic E-state index is 0.0671. The lowest BCUT2D eigenvalue weighted by atomic mass is 10.0. The van der Waals surface area contributed by atoms with Crippen molar-refractivity contribution in [3.63, 3.8) is 0 Å². The van der Waals surface area contributed by atoms with Crippen molar-refractivity contribution in [3.05, 3.63) is 174 Å². The molecule has 0 radical (unpaired) electrons. The van der Waals surface area contributed by atoms with Gasteiger partial charge in [0.05, 0.1) is 5.92 Å². The van der Waals surface area contributed by atoms with E-state index in [-0.39, 0.29) is 46.8 Å². The molecule has 2 atom stereocenters. The number of carbonyl (C=O) groups is 2. The summed E-state index contributed by atoms with van der Waals surface area (Å²) in [5, 5.41) is 71.2. The van der Waals surface area contributed by atoms with Gasteiger partial charge in [-0.05, 0) is 66.3 Å². The second-order valence-electron chi connectivity index (χ2n) is 12.3. The molecule has 10 heteroatoms. The number of carboxylic acids is 2. The number of aliphatic carboxylic acids is 1. The lowest BCUT2D eigenvalue weighted by Gasteiger charge is -2.06. The SMILES string of the molecule is CC.CC.CC.CC.CC.CC.CC.CC.CC.CC.CC(CO)Cc1ccccc1.CC(Cc1ccccc1)C(=O)O.O=C(O)c1ccccc1O.Oc1ccccc1-c1ccccc1O.Oc1ccccc1O. The van der Waals surface area contributed by atoms with E-state index in [0.717, 1.165) is 12.0 Å². The molecule has 0 saturated carbocycles. The van der Waals surface area contributed by atoms with Crippen LogP contribution in [0.25, 0.3) is 11.1 Å². The normalized spacial score (nSPS) is 8.73. The zero-order valence-corrected chi connectivity index (χ0v) is 50.7. The van der Waals surface area contributed by atoms with Crippen molar-refractivity contribution in [2.75, 3.05) is 6.61 Å². The fourth-order valence-electron chi connectivity index (χ4n) is 4.66. The van der Waals surface area contributed by atoms with Gasteiger partial charge in [0.15, 0.2) is 11.5 Å². The van der Waals surface area contributed by atoms with Gasteiger partial charge < -0.3 is 40.9 Å². The predicted molar refractivity (Wildman–Crippen MR) is 327 cm³/mol. The van der Waals surface area contributed by atoms with Crippen LogP contribution in [0.4, 0.5) is 0 Å². The summed E-state index contributed by atoms with van der Waals surface area (Å²) in [5.74, 6) is -1.78. The Morgan fingerprint density at radius 2 is 0.600 bits per heavy atom. The van der Waals surface area contributed by atoms with Crippen molar-refractivity contribution in [3.8, 4) is 39.9 Å². The molecule has 428 valence electrons. The smallest absolute Gasteiger partial charge is 0.339 e. The third kappa shape index (κ3) is 50.5. The van der Waals surface area contributed by atoms with E-state index >= 15 is 0 Å². The van der Waals surface area contributed by atoms with Gasteiger partial charge in [-0.3, -0.25) is 4.79 Å². The Bertz CT molecular complexity index is 1940. The van der Waals surface area contributed by atoms with Crippen LogP contribution in [-0.2, 0) is 17.6 Å². The van der Waals surface area contributed by atoms with Crippen LogP contribution in [-0.4, -0.2) is 59.4 Å². The standard InChI is InChI=1S/C12H10O2.C10H12O2.C10H14O.C7H6O3.C6H6O2.10C2H6/c13-11-7-3-1-5-9(11)10-6-2-4-8-12(10)14;1-8(10(11)12)7-9-5-3-2-4-6-9;1-9(8-11)7-10-5-3-2-4-6-10;8-6-4-2-1-3-5(6)7(9)10;7-5-3-1-2-4-6(5)8;10*1-2/h1-8,13-14H;2-6,8H,7H2,1H3,(H,11,12);2-6,9,11H,7-8H2,1H3;1-4,8H,(H,9,10);1-4,7-8H;10*1-2H3. The maximum Gasteiger partial charge on any atom is 0.339 e. The first-order chi connectivity index (χ1) is 36.3. The van der Waals surface area contributed by atoms with Crippen molar-refractivity contribution in [2.45, 2.75) is 165 Å². The summed E-state index contributed by atoms with van der Waals surface area (Å²) in [6.45, 7) is 44.0. The van der Waals surface area contributed by atoms with E-state index in [1.165, 1.54) is 29.8 Å². The molecule has 0 aliphatic rings. The third-order valence-electron chi connectivity index (χ3n) is 7.66. The monoisotopic (exact) mass is 1050 g/mol. The van der Waals surface area contributed by atoms with E-state index in [0.29, 0.717) is 23.5 Å². The second kappa shape index (κ2) is 71.5. The summed E-state index contributed by atoms with van der Waals surface area (Å²) in [7, 11) is 0. The fourth-order valence-corrected chi connectivity index (χ4v) is 4.66. The number of benzene rings is 6. The molecule has 0 aliphatic carbocycles. The zero-order valence-electron chi connectivity index (χ0n) is 50.7. The minimum atomic E-state index is -1.11. The molecule has 10 nitrogen and oxygen atoms in total. The lowest BCUT2D eigenvalue weighted by Crippen LogP contribution is -2.11. The number of hydrogen-bond donors (Lipinski definition) is 8. The average molecular weight is 1050 g/mol. The minimum Gasteiger partial charge on any atom is -0.507 e. The highest BCUT2D eigenvalue weighted by Gasteiger charge is 2.11. The van der Waals surface area contributed by atoms with Crippen molar-refractivity contribution in [1.82, 2.24) is 0 Å². The van der Waals surface area contributed by atoms with Gasteiger partial charge in [0.2, 0.25) is 0 Å². The molecule has 6 aromatic carbocycles. The molecule has 0 heterocycles. The first kappa shape index (κ1) is 87.9. The number of para-hydroxylation sites is 5. The molecule has 8 N–H and O–H groups in total. The van der Waals surface area contributed by atoms with Gasteiger partial charge in [-0.25, -0.2) is 4.79 Å². The van der Waals surface area contributed by atoms with E-state index in [1.807, 2.05) is 206 Å². The van der Waals surface area contributed by atoms with E-state index in [9.17, 15) is 19.8 Å². The van der Waals surface area contributed by atoms with Gasteiger partial charge in [-0.1, -0.05) is 274 Å². The van der Waals surface area contributed by atoms with E-state index in [4.69, 9.17) is 30.6 Å². The van der Waals surface area contributed by atoms with Crippen LogP contribution < -0.4 is 0 Å². The summed E-state index contributed by atoms with van der Waals surface area (Å²) in [5.41, 5.74) is 3.60. The largest absolute Gasteiger partial charge is 0.507 e. The summed E-state index contributed by atoms with van der Waals surface area (Å²) in [4.78, 5) is 20.8. The number of rotatable bonds is 8. The van der Waals surface area contributed by atoms with Crippen LogP contribution in [0.15, 0.2) is 158 Å². The molecular weight excluding hydrogens is 941 g/mol. The van der Waals surface area contributed by atoms with E-state index in [1.54, 1.807) is 67.6 Å². The van der Waals surface area contributed by atoms with Crippen molar-refractivity contribution >= 4 is 11.9 Å². The third-order valence-corrected chi connectivity index (χ3v) is 7.66. The van der Waals surface area contributed by atoms with E-state index < -0.39 is 11.9 Å². The second-order valence-corrected chi connectivity index (χ2v) is 12.3. The lowest BCUT2D eigenvalue weighted by molar-refractivity contribution is -0.141. The van der Waals surface area contributed by atoms with Gasteiger partial charge in [-0.2, -0.15) is 0 Å². The number of aromatic carboxylic acids is 1. The van der Waals surface area contributed by atoms with Gasteiger partial charge in [0.25, 0.3) is 0 Å². The highest BCUT2D eigenvalue weighted by atomic mass is 16.4. The van der Waals surface area contributed by atoms with Crippen LogP contribution in [0.3, 0.4) is 0 Å². The molecule has 0 aromatic heterocycles. The summed E-state index contributed by atoms with van der Waals surface area (Å²) < 4.78 is 0. The number of aliphatic hydroxyl groups excluding tert-OH is 1. The number of phenolic OH excluding ortho intramolecular Hbond substituents is 4. The highest BCUT2D eigenvalue weighted by Crippen LogP contribution is 2.34. The zero-order chi connectivity index (χ0) is 60.6. The van der Waals surface area contributed by atoms with E-state index in [2.05, 4.69) is 12.1 Å². The van der Waals surface area contributed by atoms with Crippen LogP contribution in [0.1, 0.15) is 174 Å². The number of hydrogen-bond acceptors (Lipinski definition) is 8. The number of aromatic hydroxyl groups is 5.